The second kappa shape index (κ2) is 5.69. The molecule has 6 nitrogen and oxygen atoms in total. The Hall–Kier alpha value is -2.11. The van der Waals surface area contributed by atoms with E-state index >= 15 is 0 Å². The summed E-state index contributed by atoms with van der Waals surface area (Å²) in [6.07, 6.45) is 0.258. The molecule has 0 saturated carbocycles. The van der Waals surface area contributed by atoms with E-state index in [0.29, 0.717) is 5.56 Å². The van der Waals surface area contributed by atoms with Crippen molar-refractivity contribution in [3.8, 4) is 5.75 Å². The van der Waals surface area contributed by atoms with Gasteiger partial charge in [-0.1, -0.05) is 0 Å². The first kappa shape index (κ1) is 14.9. The molecule has 0 aliphatic carbocycles. The largest absolute Gasteiger partial charge is 0.508 e. The number of carbonyl (C=O) groups is 1. The van der Waals surface area contributed by atoms with Gasteiger partial charge in [-0.05, 0) is 39.3 Å². The van der Waals surface area contributed by atoms with Crippen molar-refractivity contribution in [1.29, 1.82) is 0 Å². The van der Waals surface area contributed by atoms with Gasteiger partial charge < -0.3 is 9.84 Å². The van der Waals surface area contributed by atoms with Gasteiger partial charge in [0, 0.05) is 12.0 Å². The Morgan fingerprint density at radius 1 is 1.42 bits per heavy atom. The van der Waals surface area contributed by atoms with E-state index in [1.807, 2.05) is 0 Å². The number of aromatic hydroxyl groups is 1. The van der Waals surface area contributed by atoms with Crippen molar-refractivity contribution in [1.82, 2.24) is 0 Å². The van der Waals surface area contributed by atoms with Crippen molar-refractivity contribution in [2.45, 2.75) is 39.2 Å². The van der Waals surface area contributed by atoms with E-state index in [0.717, 1.165) is 6.07 Å². The Labute approximate surface area is 111 Å². The van der Waals surface area contributed by atoms with Gasteiger partial charge in [-0.15, -0.1) is 0 Å². The SMILES string of the molecule is CC(C)(C)OC(=O)CCc1ccc(O)cc1[N+](=O)[O-]. The third kappa shape index (κ3) is 4.95. The topological polar surface area (TPSA) is 89.7 Å². The predicted octanol–water partition coefficient (Wildman–Crippen LogP) is 2.57. The van der Waals surface area contributed by atoms with Gasteiger partial charge in [0.05, 0.1) is 11.0 Å². The molecule has 1 rings (SSSR count). The van der Waals surface area contributed by atoms with E-state index in [-0.39, 0.29) is 24.3 Å². The fourth-order valence-corrected chi connectivity index (χ4v) is 1.56. The van der Waals surface area contributed by atoms with Gasteiger partial charge in [-0.2, -0.15) is 0 Å². The molecule has 0 fully saturated rings. The third-order valence-electron chi connectivity index (χ3n) is 2.28. The standard InChI is InChI=1S/C13H17NO5/c1-13(2,3)19-12(16)7-5-9-4-6-10(15)8-11(9)14(17)18/h4,6,8,15H,5,7H2,1-3H3. The highest BCUT2D eigenvalue weighted by molar-refractivity contribution is 5.70. The summed E-state index contributed by atoms with van der Waals surface area (Å²) in [7, 11) is 0. The molecule has 0 unspecified atom stereocenters. The van der Waals surface area contributed by atoms with E-state index in [1.54, 1.807) is 20.8 Å². The van der Waals surface area contributed by atoms with Gasteiger partial charge in [0.1, 0.15) is 11.4 Å². The third-order valence-corrected chi connectivity index (χ3v) is 2.28. The number of phenolic OH excluding ortho intramolecular Hbond substituents is 1. The number of nitrogens with zero attached hydrogens (tertiary/aromatic N) is 1. The van der Waals surface area contributed by atoms with E-state index in [2.05, 4.69) is 0 Å². The summed E-state index contributed by atoms with van der Waals surface area (Å²) < 4.78 is 5.13. The van der Waals surface area contributed by atoms with Crippen LogP contribution in [0, 0.1) is 10.1 Å². The quantitative estimate of drug-likeness (QED) is 0.514. The Bertz CT molecular complexity index is 490. The Morgan fingerprint density at radius 3 is 2.58 bits per heavy atom. The first-order chi connectivity index (χ1) is 8.69. The second-order valence-electron chi connectivity index (χ2n) is 5.16. The van der Waals surface area contributed by atoms with Crippen molar-refractivity contribution in [2.24, 2.45) is 0 Å². The van der Waals surface area contributed by atoms with Crippen LogP contribution in [-0.2, 0) is 16.0 Å². The molecule has 6 heteroatoms. The van der Waals surface area contributed by atoms with Gasteiger partial charge in [-0.3, -0.25) is 14.9 Å². The normalized spacial score (nSPS) is 11.1. The Balaban J connectivity index is 2.73. The van der Waals surface area contributed by atoms with E-state index < -0.39 is 16.5 Å². The lowest BCUT2D eigenvalue weighted by molar-refractivity contribution is -0.385. The van der Waals surface area contributed by atoms with Crippen LogP contribution in [0.5, 0.6) is 5.75 Å². The molecule has 1 N–H and O–H groups in total. The van der Waals surface area contributed by atoms with Gasteiger partial charge >= 0.3 is 5.97 Å². The Kier molecular flexibility index (Phi) is 4.47. The first-order valence-corrected chi connectivity index (χ1v) is 5.87. The monoisotopic (exact) mass is 267 g/mol. The maximum absolute atomic E-state index is 11.5. The molecule has 104 valence electrons. The average Bonchev–Trinajstić information content (AvgIpc) is 2.24. The van der Waals surface area contributed by atoms with Gasteiger partial charge in [0.2, 0.25) is 0 Å². The minimum absolute atomic E-state index is 0.0584. The number of benzene rings is 1. The summed E-state index contributed by atoms with van der Waals surface area (Å²) in [6, 6.07) is 3.87. The number of hydrogen-bond donors (Lipinski definition) is 1. The van der Waals surface area contributed by atoms with Crippen LogP contribution in [0.3, 0.4) is 0 Å². The fourth-order valence-electron chi connectivity index (χ4n) is 1.56. The zero-order chi connectivity index (χ0) is 14.6. The van der Waals surface area contributed by atoms with E-state index in [1.165, 1.54) is 12.1 Å². The highest BCUT2D eigenvalue weighted by Gasteiger charge is 2.19. The van der Waals surface area contributed by atoms with E-state index in [9.17, 15) is 20.0 Å². The van der Waals surface area contributed by atoms with Gasteiger partial charge in [-0.25, -0.2) is 0 Å². The lowest BCUT2D eigenvalue weighted by Gasteiger charge is -2.19. The molecule has 0 saturated heterocycles. The number of hydrogen-bond acceptors (Lipinski definition) is 5. The predicted molar refractivity (Wildman–Crippen MR) is 68.9 cm³/mol. The highest BCUT2D eigenvalue weighted by atomic mass is 16.6. The zero-order valence-electron chi connectivity index (χ0n) is 11.2. The average molecular weight is 267 g/mol. The summed E-state index contributed by atoms with van der Waals surface area (Å²) in [5.41, 5.74) is -0.366. The number of aryl methyl sites for hydroxylation is 1. The number of rotatable bonds is 4. The zero-order valence-corrected chi connectivity index (χ0v) is 11.2. The van der Waals surface area contributed by atoms with Crippen LogP contribution in [0.15, 0.2) is 18.2 Å². The molecule has 0 atom stereocenters. The van der Waals surface area contributed by atoms with Crippen molar-refractivity contribution >= 4 is 11.7 Å². The van der Waals surface area contributed by atoms with Crippen LogP contribution in [0.1, 0.15) is 32.8 Å². The molecule has 0 aliphatic rings. The smallest absolute Gasteiger partial charge is 0.306 e. The maximum Gasteiger partial charge on any atom is 0.306 e. The molecular formula is C13H17NO5. The van der Waals surface area contributed by atoms with Crippen LogP contribution >= 0.6 is 0 Å². The van der Waals surface area contributed by atoms with Gasteiger partial charge in [0.15, 0.2) is 0 Å². The van der Waals surface area contributed by atoms with Crippen molar-refractivity contribution in [2.75, 3.05) is 0 Å². The van der Waals surface area contributed by atoms with Crippen molar-refractivity contribution < 1.29 is 19.6 Å². The summed E-state index contributed by atoms with van der Waals surface area (Å²) in [5, 5.41) is 20.0. The fraction of sp³-hybridized carbons (Fsp3) is 0.462. The van der Waals surface area contributed by atoms with Crippen LogP contribution < -0.4 is 0 Å². The first-order valence-electron chi connectivity index (χ1n) is 5.87. The molecule has 0 spiro atoms. The molecule has 0 heterocycles. The van der Waals surface area contributed by atoms with Crippen LogP contribution in [0.2, 0.25) is 0 Å². The number of nitro benzene ring substituents is 1. The maximum atomic E-state index is 11.5. The van der Waals surface area contributed by atoms with Crippen LogP contribution in [0.4, 0.5) is 5.69 Å². The molecule has 1 aromatic carbocycles. The number of esters is 1. The second-order valence-corrected chi connectivity index (χ2v) is 5.16. The number of phenols is 1. The Morgan fingerprint density at radius 2 is 2.05 bits per heavy atom. The van der Waals surface area contributed by atoms with Crippen molar-refractivity contribution in [3.63, 3.8) is 0 Å². The summed E-state index contributed by atoms with van der Waals surface area (Å²) >= 11 is 0. The molecule has 0 radical (unpaired) electrons. The summed E-state index contributed by atoms with van der Waals surface area (Å²) in [5.74, 6) is -0.581. The van der Waals surface area contributed by atoms with E-state index in [4.69, 9.17) is 4.74 Å². The van der Waals surface area contributed by atoms with Crippen molar-refractivity contribution in [3.05, 3.63) is 33.9 Å². The number of nitro groups is 1. The molecule has 0 aliphatic heterocycles. The minimum atomic E-state index is -0.579. The number of ether oxygens (including phenoxy) is 1. The molecule has 0 aromatic heterocycles. The summed E-state index contributed by atoms with van der Waals surface area (Å²) in [4.78, 5) is 21.8. The number of carbonyl (C=O) groups excluding carboxylic acids is 1. The molecular weight excluding hydrogens is 250 g/mol. The molecule has 0 bridgehead atoms. The lowest BCUT2D eigenvalue weighted by atomic mass is 10.1. The minimum Gasteiger partial charge on any atom is -0.508 e. The molecule has 0 amide bonds. The molecule has 1 aromatic rings. The van der Waals surface area contributed by atoms with Gasteiger partial charge in [0.25, 0.3) is 5.69 Å². The van der Waals surface area contributed by atoms with Crippen LogP contribution in [0.25, 0.3) is 0 Å². The van der Waals surface area contributed by atoms with Crippen LogP contribution in [-0.4, -0.2) is 21.6 Å². The highest BCUT2D eigenvalue weighted by Crippen LogP contribution is 2.25. The lowest BCUT2D eigenvalue weighted by Crippen LogP contribution is -2.24. The summed E-state index contributed by atoms with van der Waals surface area (Å²) in [6.45, 7) is 5.27. The molecule has 19 heavy (non-hydrogen) atoms.